The quantitative estimate of drug-likeness (QED) is 0.465. The van der Waals surface area contributed by atoms with E-state index in [1.54, 1.807) is 6.08 Å². The van der Waals surface area contributed by atoms with E-state index < -0.39 is 9.83 Å². The Morgan fingerprint density at radius 1 is 1.78 bits per heavy atom. The number of allylic oxidation sites excluding steroid dienone is 1. The molecule has 0 aliphatic carbocycles. The molecule has 0 amide bonds. The number of rotatable bonds is 4. The van der Waals surface area contributed by atoms with Crippen LogP contribution in [0.3, 0.4) is 0 Å². The molecule has 0 aromatic carbocycles. The molecule has 9 heavy (non-hydrogen) atoms. The summed E-state index contributed by atoms with van der Waals surface area (Å²) in [6.07, 6.45) is 3.53. The Morgan fingerprint density at radius 2 is 2.44 bits per heavy atom. The molecule has 0 spiro atoms. The summed E-state index contributed by atoms with van der Waals surface area (Å²) in [4.78, 5) is 0. The molecular formula is C6H10OS2. The Morgan fingerprint density at radius 3 is 2.89 bits per heavy atom. The zero-order valence-electron chi connectivity index (χ0n) is 5.37. The summed E-state index contributed by atoms with van der Waals surface area (Å²) in [5.41, 5.74) is 0. The van der Waals surface area contributed by atoms with Gasteiger partial charge in [0.1, 0.15) is 0 Å². The molecule has 1 nitrogen and oxygen atoms in total. The minimum atomic E-state index is -0.808. The van der Waals surface area contributed by atoms with E-state index in [9.17, 15) is 4.21 Å². The molecule has 0 aliphatic heterocycles. The molecule has 1 atom stereocenters. The van der Waals surface area contributed by atoms with Gasteiger partial charge in [-0.3, -0.25) is 0 Å². The Kier molecular flexibility index (Phi) is 6.09. The summed E-state index contributed by atoms with van der Waals surface area (Å²) < 4.78 is 10.8. The first-order valence-corrected chi connectivity index (χ1v) is 5.30. The highest BCUT2D eigenvalue weighted by molar-refractivity contribution is 8.70. The Balaban J connectivity index is 3.38. The van der Waals surface area contributed by atoms with Crippen molar-refractivity contribution in [1.82, 2.24) is 0 Å². The lowest BCUT2D eigenvalue weighted by Gasteiger charge is -1.87. The van der Waals surface area contributed by atoms with E-state index in [2.05, 4.69) is 6.58 Å². The molecule has 0 aromatic rings. The molecule has 0 saturated carbocycles. The van der Waals surface area contributed by atoms with Crippen LogP contribution in [0.4, 0.5) is 0 Å². The summed E-state index contributed by atoms with van der Waals surface area (Å²) in [5.74, 6) is 0.564. The fourth-order valence-corrected chi connectivity index (χ4v) is 1.99. The van der Waals surface area contributed by atoms with Crippen LogP contribution in [0, 0.1) is 0 Å². The lowest BCUT2D eigenvalue weighted by Crippen LogP contribution is -1.83. The van der Waals surface area contributed by atoms with Gasteiger partial charge in [0.15, 0.2) is 0 Å². The summed E-state index contributed by atoms with van der Waals surface area (Å²) in [5, 5.41) is 1.82. The Labute approximate surface area is 62.1 Å². The second-order valence-corrected chi connectivity index (χ2v) is 4.42. The molecule has 0 N–H and O–H groups in total. The molecule has 0 bridgehead atoms. The third-order valence-electron chi connectivity index (χ3n) is 0.553. The smallest absolute Gasteiger partial charge is 0.0884 e. The van der Waals surface area contributed by atoms with Gasteiger partial charge in [0.25, 0.3) is 0 Å². The van der Waals surface area contributed by atoms with Crippen molar-refractivity contribution in [2.75, 3.05) is 5.75 Å². The van der Waals surface area contributed by atoms with Crippen molar-refractivity contribution in [2.24, 2.45) is 0 Å². The highest BCUT2D eigenvalue weighted by Gasteiger charge is 1.90. The van der Waals surface area contributed by atoms with Crippen LogP contribution in [0.25, 0.3) is 0 Å². The summed E-state index contributed by atoms with van der Waals surface area (Å²) in [6.45, 7) is 5.38. The van der Waals surface area contributed by atoms with Crippen molar-refractivity contribution in [3.8, 4) is 0 Å². The van der Waals surface area contributed by atoms with Crippen LogP contribution < -0.4 is 0 Å². The predicted molar refractivity (Wildman–Crippen MR) is 45.6 cm³/mol. The number of hydrogen-bond acceptors (Lipinski definition) is 2. The van der Waals surface area contributed by atoms with Gasteiger partial charge in [-0.15, -0.1) is 6.58 Å². The van der Waals surface area contributed by atoms with Gasteiger partial charge >= 0.3 is 0 Å². The second kappa shape index (κ2) is 6.11. The number of hydrogen-bond donors (Lipinski definition) is 0. The molecule has 0 aromatic heterocycles. The minimum absolute atomic E-state index is 0.564. The maximum Gasteiger partial charge on any atom is 0.0884 e. The molecule has 0 heterocycles. The first kappa shape index (κ1) is 8.98. The average molecular weight is 162 g/mol. The second-order valence-electron chi connectivity index (χ2n) is 1.32. The van der Waals surface area contributed by atoms with Gasteiger partial charge in [0.05, 0.1) is 15.6 Å². The molecule has 0 rings (SSSR count). The van der Waals surface area contributed by atoms with Crippen LogP contribution in [0.5, 0.6) is 0 Å². The van der Waals surface area contributed by atoms with Gasteiger partial charge in [-0.05, 0) is 23.1 Å². The molecule has 3 heteroatoms. The van der Waals surface area contributed by atoms with E-state index in [0.29, 0.717) is 5.75 Å². The first-order chi connectivity index (χ1) is 4.31. The maximum absolute atomic E-state index is 10.8. The zero-order chi connectivity index (χ0) is 7.11. The van der Waals surface area contributed by atoms with Crippen molar-refractivity contribution in [1.29, 1.82) is 0 Å². The molecule has 0 aliphatic rings. The van der Waals surface area contributed by atoms with Crippen LogP contribution in [0.15, 0.2) is 24.1 Å². The molecule has 0 fully saturated rings. The highest BCUT2D eigenvalue weighted by atomic mass is 33.1. The van der Waals surface area contributed by atoms with E-state index in [-0.39, 0.29) is 0 Å². The van der Waals surface area contributed by atoms with E-state index in [1.807, 2.05) is 18.4 Å². The van der Waals surface area contributed by atoms with Gasteiger partial charge in [0, 0.05) is 0 Å². The van der Waals surface area contributed by atoms with Crippen molar-refractivity contribution in [2.45, 2.75) is 6.92 Å². The maximum atomic E-state index is 10.8. The lowest BCUT2D eigenvalue weighted by molar-refractivity contribution is 0.693. The summed E-state index contributed by atoms with van der Waals surface area (Å²) in [6, 6.07) is 0. The van der Waals surface area contributed by atoms with Crippen molar-refractivity contribution in [3.63, 3.8) is 0 Å². The van der Waals surface area contributed by atoms with E-state index >= 15 is 0 Å². The van der Waals surface area contributed by atoms with Crippen molar-refractivity contribution >= 4 is 20.6 Å². The van der Waals surface area contributed by atoms with Crippen molar-refractivity contribution < 1.29 is 4.21 Å². The normalized spacial score (nSPS) is 13.9. The van der Waals surface area contributed by atoms with Gasteiger partial charge in [-0.2, -0.15) is 0 Å². The van der Waals surface area contributed by atoms with Crippen LogP contribution in [-0.2, 0) is 9.83 Å². The molecule has 0 saturated heterocycles. The van der Waals surface area contributed by atoms with Crippen molar-refractivity contribution in [3.05, 3.63) is 24.1 Å². The predicted octanol–water partition coefficient (Wildman–Crippen LogP) is 2.10. The van der Waals surface area contributed by atoms with Crippen LogP contribution in [-0.4, -0.2) is 9.96 Å². The zero-order valence-corrected chi connectivity index (χ0v) is 7.00. The van der Waals surface area contributed by atoms with E-state index in [0.717, 1.165) is 0 Å². The SMILES string of the molecule is C=CC[S@](=O)S/C=C/C. The standard InChI is InChI=1S/C6H10OS2/c1-3-5-8-9(7)6-4-2/h3-5H,2,6H2,1H3/b5-3+/t9-/m1/s1. The average Bonchev–Trinajstić information content (AvgIpc) is 1.85. The van der Waals surface area contributed by atoms with Gasteiger partial charge in [-0.1, -0.05) is 12.2 Å². The lowest BCUT2D eigenvalue weighted by atomic mass is 10.8. The molecule has 0 radical (unpaired) electrons. The minimum Gasteiger partial charge on any atom is -0.247 e. The van der Waals surface area contributed by atoms with Gasteiger partial charge < -0.3 is 0 Å². The highest BCUT2D eigenvalue weighted by Crippen LogP contribution is 2.08. The van der Waals surface area contributed by atoms with Crippen LogP contribution in [0.1, 0.15) is 6.92 Å². The van der Waals surface area contributed by atoms with Crippen LogP contribution in [0.2, 0.25) is 0 Å². The van der Waals surface area contributed by atoms with Crippen LogP contribution >= 0.6 is 10.8 Å². The monoisotopic (exact) mass is 162 g/mol. The molecule has 0 unspecified atom stereocenters. The first-order valence-electron chi connectivity index (χ1n) is 2.58. The molecule has 52 valence electrons. The Hall–Kier alpha value is -0.0200. The third-order valence-corrected chi connectivity index (χ3v) is 3.04. The Bertz CT molecular complexity index is 129. The fourth-order valence-electron chi connectivity index (χ4n) is 0.253. The topological polar surface area (TPSA) is 17.1 Å². The third kappa shape index (κ3) is 5.86. The largest absolute Gasteiger partial charge is 0.247 e. The fraction of sp³-hybridized carbons (Fsp3) is 0.333. The molecular weight excluding hydrogens is 152 g/mol. The summed E-state index contributed by atoms with van der Waals surface area (Å²) >= 11 is 0. The van der Waals surface area contributed by atoms with E-state index in [1.165, 1.54) is 10.8 Å². The van der Waals surface area contributed by atoms with Gasteiger partial charge in [-0.25, -0.2) is 4.21 Å². The van der Waals surface area contributed by atoms with E-state index in [4.69, 9.17) is 0 Å². The van der Waals surface area contributed by atoms with Gasteiger partial charge in [0.2, 0.25) is 0 Å². The summed E-state index contributed by atoms with van der Waals surface area (Å²) in [7, 11) is 0.513.